The van der Waals surface area contributed by atoms with Crippen molar-refractivity contribution in [3.05, 3.63) is 57.5 Å². The molecule has 0 unspecified atom stereocenters. The molecule has 1 N–H and O–H groups in total. The SMILES string of the molecule is CCNCc1nn(-c2cc(F)ccc2F)c(C)cc1=O. The van der Waals surface area contributed by atoms with E-state index < -0.39 is 11.6 Å². The Bertz CT molecular complexity index is 683. The molecule has 6 heteroatoms. The van der Waals surface area contributed by atoms with Crippen LogP contribution in [0, 0.1) is 18.6 Å². The topological polar surface area (TPSA) is 46.9 Å². The van der Waals surface area contributed by atoms with Crippen LogP contribution in [0.25, 0.3) is 5.69 Å². The summed E-state index contributed by atoms with van der Waals surface area (Å²) in [4.78, 5) is 11.8. The summed E-state index contributed by atoms with van der Waals surface area (Å²) in [6.07, 6.45) is 0. The van der Waals surface area contributed by atoms with Gasteiger partial charge in [-0.2, -0.15) is 5.10 Å². The van der Waals surface area contributed by atoms with E-state index >= 15 is 0 Å². The summed E-state index contributed by atoms with van der Waals surface area (Å²) in [6.45, 7) is 4.49. The largest absolute Gasteiger partial charge is 0.311 e. The molecule has 4 nitrogen and oxygen atoms in total. The van der Waals surface area contributed by atoms with Crippen molar-refractivity contribution in [2.45, 2.75) is 20.4 Å². The summed E-state index contributed by atoms with van der Waals surface area (Å²) in [5.41, 5.74) is 0.470. The summed E-state index contributed by atoms with van der Waals surface area (Å²) in [7, 11) is 0. The molecular formula is C14H15F2N3O. The third-order valence-corrected chi connectivity index (χ3v) is 2.86. The van der Waals surface area contributed by atoms with Gasteiger partial charge in [0.2, 0.25) is 5.43 Å². The highest BCUT2D eigenvalue weighted by molar-refractivity contribution is 5.34. The maximum atomic E-state index is 13.8. The molecule has 0 aliphatic heterocycles. The molecule has 20 heavy (non-hydrogen) atoms. The fraction of sp³-hybridized carbons (Fsp3) is 0.286. The van der Waals surface area contributed by atoms with E-state index in [1.165, 1.54) is 10.7 Å². The smallest absolute Gasteiger partial charge is 0.204 e. The number of aromatic nitrogens is 2. The molecule has 0 fully saturated rings. The number of rotatable bonds is 4. The van der Waals surface area contributed by atoms with Crippen molar-refractivity contribution in [3.63, 3.8) is 0 Å². The molecule has 0 bridgehead atoms. The minimum Gasteiger partial charge on any atom is -0.311 e. The third-order valence-electron chi connectivity index (χ3n) is 2.86. The molecule has 1 aromatic heterocycles. The second-order valence-electron chi connectivity index (χ2n) is 4.38. The monoisotopic (exact) mass is 279 g/mol. The normalized spacial score (nSPS) is 10.8. The number of benzene rings is 1. The second kappa shape index (κ2) is 5.92. The zero-order valence-corrected chi connectivity index (χ0v) is 11.3. The van der Waals surface area contributed by atoms with Gasteiger partial charge in [0.05, 0.1) is 0 Å². The second-order valence-corrected chi connectivity index (χ2v) is 4.38. The van der Waals surface area contributed by atoms with Crippen LogP contribution in [-0.2, 0) is 6.54 Å². The Morgan fingerprint density at radius 2 is 2.05 bits per heavy atom. The van der Waals surface area contributed by atoms with E-state index in [0.717, 1.165) is 18.2 Å². The summed E-state index contributed by atoms with van der Waals surface area (Å²) >= 11 is 0. The molecule has 0 saturated heterocycles. The quantitative estimate of drug-likeness (QED) is 0.930. The number of aryl methyl sites for hydroxylation is 1. The zero-order chi connectivity index (χ0) is 14.7. The molecule has 0 radical (unpaired) electrons. The van der Waals surface area contributed by atoms with Crippen LogP contribution < -0.4 is 10.7 Å². The van der Waals surface area contributed by atoms with E-state index in [9.17, 15) is 13.6 Å². The lowest BCUT2D eigenvalue weighted by Gasteiger charge is -2.12. The lowest BCUT2D eigenvalue weighted by Crippen LogP contribution is -2.24. The average molecular weight is 279 g/mol. The minimum absolute atomic E-state index is 0.0137. The van der Waals surface area contributed by atoms with Crippen LogP contribution in [0.3, 0.4) is 0 Å². The van der Waals surface area contributed by atoms with E-state index in [4.69, 9.17) is 0 Å². The maximum Gasteiger partial charge on any atom is 0.204 e. The first-order valence-corrected chi connectivity index (χ1v) is 6.29. The van der Waals surface area contributed by atoms with Gasteiger partial charge >= 0.3 is 0 Å². The Labute approximate surface area is 115 Å². The summed E-state index contributed by atoms with van der Waals surface area (Å²) in [6, 6.07) is 4.49. The van der Waals surface area contributed by atoms with Crippen LogP contribution in [0.1, 0.15) is 18.3 Å². The first-order chi connectivity index (χ1) is 9.52. The molecule has 0 amide bonds. The predicted octanol–water partition coefficient (Wildman–Crippen LogP) is 1.93. The Balaban J connectivity index is 2.55. The van der Waals surface area contributed by atoms with Gasteiger partial charge in [-0.15, -0.1) is 0 Å². The van der Waals surface area contributed by atoms with Crippen LogP contribution in [0.15, 0.2) is 29.1 Å². The predicted molar refractivity (Wildman–Crippen MR) is 71.9 cm³/mol. The minimum atomic E-state index is -0.597. The highest BCUT2D eigenvalue weighted by atomic mass is 19.1. The highest BCUT2D eigenvalue weighted by Crippen LogP contribution is 2.15. The highest BCUT2D eigenvalue weighted by Gasteiger charge is 2.11. The average Bonchev–Trinajstić information content (AvgIpc) is 2.41. The van der Waals surface area contributed by atoms with E-state index in [2.05, 4.69) is 10.4 Å². The van der Waals surface area contributed by atoms with E-state index in [1.54, 1.807) is 6.92 Å². The molecule has 2 rings (SSSR count). The van der Waals surface area contributed by atoms with E-state index in [1.807, 2.05) is 6.92 Å². The van der Waals surface area contributed by atoms with Gasteiger partial charge in [-0.05, 0) is 25.6 Å². The van der Waals surface area contributed by atoms with Crippen LogP contribution in [-0.4, -0.2) is 16.3 Å². The lowest BCUT2D eigenvalue weighted by molar-refractivity contribution is 0.577. The number of hydrogen-bond donors (Lipinski definition) is 1. The van der Waals surface area contributed by atoms with Gasteiger partial charge in [0.1, 0.15) is 23.0 Å². The fourth-order valence-corrected chi connectivity index (χ4v) is 1.84. The number of hydrogen-bond acceptors (Lipinski definition) is 3. The lowest BCUT2D eigenvalue weighted by atomic mass is 10.2. The maximum absolute atomic E-state index is 13.8. The number of nitrogens with one attached hydrogen (secondary N) is 1. The van der Waals surface area contributed by atoms with Crippen molar-refractivity contribution < 1.29 is 8.78 Å². The van der Waals surface area contributed by atoms with Crippen molar-refractivity contribution in [1.82, 2.24) is 15.1 Å². The molecule has 106 valence electrons. The van der Waals surface area contributed by atoms with Crippen LogP contribution >= 0.6 is 0 Å². The van der Waals surface area contributed by atoms with E-state index in [0.29, 0.717) is 12.2 Å². The molecular weight excluding hydrogens is 264 g/mol. The molecule has 0 spiro atoms. The first-order valence-electron chi connectivity index (χ1n) is 6.29. The van der Waals surface area contributed by atoms with Gasteiger partial charge < -0.3 is 5.32 Å². The van der Waals surface area contributed by atoms with Crippen LogP contribution in [0.4, 0.5) is 8.78 Å². The van der Waals surface area contributed by atoms with Crippen molar-refractivity contribution in [2.24, 2.45) is 0 Å². The standard InChI is InChI=1S/C14H15F2N3O/c1-3-17-8-12-14(20)6-9(2)19(18-12)13-7-10(15)4-5-11(13)16/h4-7,17H,3,8H2,1-2H3. The van der Waals surface area contributed by atoms with Crippen molar-refractivity contribution in [3.8, 4) is 5.69 Å². The molecule has 0 aliphatic rings. The molecule has 0 saturated carbocycles. The Morgan fingerprint density at radius 1 is 1.30 bits per heavy atom. The van der Waals surface area contributed by atoms with Crippen molar-refractivity contribution >= 4 is 0 Å². The Morgan fingerprint density at radius 3 is 2.75 bits per heavy atom. The first kappa shape index (κ1) is 14.3. The molecule has 1 heterocycles. The summed E-state index contributed by atoms with van der Waals surface area (Å²) in [5, 5.41) is 7.10. The van der Waals surface area contributed by atoms with Crippen LogP contribution in [0.5, 0.6) is 0 Å². The third kappa shape index (κ3) is 2.91. The fourth-order valence-electron chi connectivity index (χ4n) is 1.84. The van der Waals surface area contributed by atoms with Gasteiger partial charge in [0, 0.05) is 24.4 Å². The van der Waals surface area contributed by atoms with Gasteiger partial charge in [-0.25, -0.2) is 13.5 Å². The van der Waals surface area contributed by atoms with E-state index in [-0.39, 0.29) is 23.4 Å². The Hall–Kier alpha value is -2.08. The molecule has 2 aromatic rings. The summed E-state index contributed by atoms with van der Waals surface area (Å²) in [5.74, 6) is -1.16. The summed E-state index contributed by atoms with van der Waals surface area (Å²) < 4.78 is 28.3. The zero-order valence-electron chi connectivity index (χ0n) is 11.3. The van der Waals surface area contributed by atoms with Crippen molar-refractivity contribution in [1.29, 1.82) is 0 Å². The van der Waals surface area contributed by atoms with Crippen molar-refractivity contribution in [2.75, 3.05) is 6.54 Å². The van der Waals surface area contributed by atoms with Crippen LogP contribution in [0.2, 0.25) is 0 Å². The number of halogens is 2. The molecule has 0 aliphatic carbocycles. The van der Waals surface area contributed by atoms with Gasteiger partial charge in [0.25, 0.3) is 0 Å². The number of nitrogens with zero attached hydrogens (tertiary/aromatic N) is 2. The van der Waals surface area contributed by atoms with Gasteiger partial charge in [-0.3, -0.25) is 4.79 Å². The van der Waals surface area contributed by atoms with Gasteiger partial charge in [0.15, 0.2) is 0 Å². The molecule has 1 aromatic carbocycles. The molecule has 0 atom stereocenters. The van der Waals surface area contributed by atoms with Gasteiger partial charge in [-0.1, -0.05) is 6.92 Å². The Kier molecular flexibility index (Phi) is 4.24.